The quantitative estimate of drug-likeness (QED) is 0.658. The molecule has 0 saturated heterocycles. The second kappa shape index (κ2) is 10.6. The molecule has 0 saturated carbocycles. The van der Waals surface area contributed by atoms with Crippen molar-refractivity contribution in [2.24, 2.45) is 5.92 Å². The summed E-state index contributed by atoms with van der Waals surface area (Å²) in [7, 11) is 0. The van der Waals surface area contributed by atoms with E-state index in [4.69, 9.17) is 0 Å². The molecule has 0 aliphatic heterocycles. The Morgan fingerprint density at radius 3 is 1.89 bits per heavy atom. The standard InChI is InChI=1S/C23H31N3O2/c1-5-26(6-2)16-18-7-9-19(10-8-18)23(28)25-21-13-11-20(12-14-21)24-22(27)15-17(3)4/h7-14,17H,5-6,15-16H2,1-4H3,(H,24,27)(H,25,28). The Morgan fingerprint density at radius 1 is 0.857 bits per heavy atom. The van der Waals surface area contributed by atoms with E-state index in [0.717, 1.165) is 25.3 Å². The fourth-order valence-corrected chi connectivity index (χ4v) is 2.89. The van der Waals surface area contributed by atoms with E-state index >= 15 is 0 Å². The predicted octanol–water partition coefficient (Wildman–Crippen LogP) is 4.77. The predicted molar refractivity (Wildman–Crippen MR) is 116 cm³/mol. The number of nitrogens with one attached hydrogen (secondary N) is 2. The molecule has 0 aliphatic carbocycles. The number of hydrogen-bond acceptors (Lipinski definition) is 3. The maximum Gasteiger partial charge on any atom is 0.255 e. The maximum atomic E-state index is 12.5. The molecule has 2 aromatic carbocycles. The highest BCUT2D eigenvalue weighted by molar-refractivity contribution is 6.04. The van der Waals surface area contributed by atoms with Crippen LogP contribution in [0.25, 0.3) is 0 Å². The van der Waals surface area contributed by atoms with E-state index in [2.05, 4.69) is 29.4 Å². The molecule has 2 aromatic rings. The Labute approximate surface area is 168 Å². The van der Waals surface area contributed by atoms with Gasteiger partial charge in [0.25, 0.3) is 5.91 Å². The molecule has 2 amide bonds. The summed E-state index contributed by atoms with van der Waals surface area (Å²) in [6.07, 6.45) is 0.489. The second-order valence-corrected chi connectivity index (χ2v) is 7.34. The number of benzene rings is 2. The van der Waals surface area contributed by atoms with Crippen LogP contribution in [0.2, 0.25) is 0 Å². The van der Waals surface area contributed by atoms with Crippen LogP contribution in [0.1, 0.15) is 50.0 Å². The lowest BCUT2D eigenvalue weighted by Crippen LogP contribution is -2.22. The molecule has 0 bridgehead atoms. The summed E-state index contributed by atoms with van der Waals surface area (Å²) in [6, 6.07) is 14.9. The SMILES string of the molecule is CCN(CC)Cc1ccc(C(=O)Nc2ccc(NC(=O)CC(C)C)cc2)cc1. The molecule has 0 heterocycles. The van der Waals surface area contributed by atoms with Gasteiger partial charge in [-0.05, 0) is 61.0 Å². The van der Waals surface area contributed by atoms with Gasteiger partial charge in [0.05, 0.1) is 0 Å². The van der Waals surface area contributed by atoms with E-state index in [1.54, 1.807) is 24.3 Å². The van der Waals surface area contributed by atoms with E-state index in [0.29, 0.717) is 23.6 Å². The third-order valence-electron chi connectivity index (χ3n) is 4.54. The minimum absolute atomic E-state index is 0.00316. The summed E-state index contributed by atoms with van der Waals surface area (Å²) in [6.45, 7) is 11.2. The molecule has 0 aromatic heterocycles. The van der Waals surface area contributed by atoms with Crippen molar-refractivity contribution in [1.29, 1.82) is 0 Å². The Bertz CT molecular complexity index is 763. The lowest BCUT2D eigenvalue weighted by Gasteiger charge is -2.18. The van der Waals surface area contributed by atoms with Crippen LogP contribution in [0.4, 0.5) is 11.4 Å². The summed E-state index contributed by atoms with van der Waals surface area (Å²) < 4.78 is 0. The topological polar surface area (TPSA) is 61.4 Å². The molecular weight excluding hydrogens is 350 g/mol. The van der Waals surface area contributed by atoms with Crippen LogP contribution in [0.5, 0.6) is 0 Å². The molecule has 0 spiro atoms. The van der Waals surface area contributed by atoms with Gasteiger partial charge in [-0.25, -0.2) is 0 Å². The Balaban J connectivity index is 1.92. The van der Waals surface area contributed by atoms with Crippen molar-refractivity contribution in [2.75, 3.05) is 23.7 Å². The minimum Gasteiger partial charge on any atom is -0.326 e. The van der Waals surface area contributed by atoms with Gasteiger partial charge in [0.2, 0.25) is 5.91 Å². The van der Waals surface area contributed by atoms with Gasteiger partial charge in [-0.15, -0.1) is 0 Å². The van der Waals surface area contributed by atoms with Crippen LogP contribution in [0, 0.1) is 5.92 Å². The van der Waals surface area contributed by atoms with Gasteiger partial charge in [0.15, 0.2) is 0 Å². The first-order chi connectivity index (χ1) is 13.4. The van der Waals surface area contributed by atoms with Gasteiger partial charge < -0.3 is 10.6 Å². The number of carbonyl (C=O) groups is 2. The number of hydrogen-bond donors (Lipinski definition) is 2. The Morgan fingerprint density at radius 2 is 1.39 bits per heavy atom. The van der Waals surface area contributed by atoms with E-state index in [1.807, 2.05) is 38.1 Å². The van der Waals surface area contributed by atoms with Crippen molar-refractivity contribution >= 4 is 23.2 Å². The minimum atomic E-state index is -0.147. The van der Waals surface area contributed by atoms with Gasteiger partial charge in [-0.2, -0.15) is 0 Å². The molecule has 0 atom stereocenters. The van der Waals surface area contributed by atoms with Gasteiger partial charge in [0, 0.05) is 29.9 Å². The van der Waals surface area contributed by atoms with Crippen LogP contribution in [-0.2, 0) is 11.3 Å². The van der Waals surface area contributed by atoms with Gasteiger partial charge >= 0.3 is 0 Å². The van der Waals surface area contributed by atoms with Crippen LogP contribution >= 0.6 is 0 Å². The monoisotopic (exact) mass is 381 g/mol. The summed E-state index contributed by atoms with van der Waals surface area (Å²) in [5.41, 5.74) is 3.24. The third kappa shape index (κ3) is 6.82. The van der Waals surface area contributed by atoms with Crippen molar-refractivity contribution < 1.29 is 9.59 Å². The van der Waals surface area contributed by atoms with E-state index in [-0.39, 0.29) is 11.8 Å². The molecule has 0 aliphatic rings. The molecule has 150 valence electrons. The third-order valence-corrected chi connectivity index (χ3v) is 4.54. The normalized spacial score (nSPS) is 10.9. The van der Waals surface area contributed by atoms with Crippen LogP contribution < -0.4 is 10.6 Å². The highest BCUT2D eigenvalue weighted by atomic mass is 16.2. The molecule has 0 unspecified atom stereocenters. The number of carbonyl (C=O) groups excluding carboxylic acids is 2. The molecule has 28 heavy (non-hydrogen) atoms. The fraction of sp³-hybridized carbons (Fsp3) is 0.391. The average molecular weight is 382 g/mol. The van der Waals surface area contributed by atoms with E-state index in [1.165, 1.54) is 5.56 Å². The highest BCUT2D eigenvalue weighted by Crippen LogP contribution is 2.16. The van der Waals surface area contributed by atoms with Crippen molar-refractivity contribution in [2.45, 2.75) is 40.7 Å². The van der Waals surface area contributed by atoms with Crippen molar-refractivity contribution in [1.82, 2.24) is 4.90 Å². The van der Waals surface area contributed by atoms with Crippen LogP contribution in [0.15, 0.2) is 48.5 Å². The number of nitrogens with zero attached hydrogens (tertiary/aromatic N) is 1. The summed E-state index contributed by atoms with van der Waals surface area (Å²) in [5.74, 6) is 0.166. The molecule has 5 nitrogen and oxygen atoms in total. The Kier molecular flexibility index (Phi) is 8.20. The number of rotatable bonds is 9. The van der Waals surface area contributed by atoms with Crippen molar-refractivity contribution in [3.63, 3.8) is 0 Å². The largest absolute Gasteiger partial charge is 0.326 e. The van der Waals surface area contributed by atoms with Crippen LogP contribution in [-0.4, -0.2) is 29.8 Å². The summed E-state index contributed by atoms with van der Waals surface area (Å²) >= 11 is 0. The number of amides is 2. The van der Waals surface area contributed by atoms with Gasteiger partial charge in [-0.3, -0.25) is 14.5 Å². The molecular formula is C23H31N3O2. The van der Waals surface area contributed by atoms with Crippen molar-refractivity contribution in [3.8, 4) is 0 Å². The molecule has 5 heteroatoms. The van der Waals surface area contributed by atoms with Crippen LogP contribution in [0.3, 0.4) is 0 Å². The molecule has 0 radical (unpaired) electrons. The zero-order chi connectivity index (χ0) is 20.5. The molecule has 2 rings (SSSR count). The number of anilines is 2. The second-order valence-electron chi connectivity index (χ2n) is 7.34. The lowest BCUT2D eigenvalue weighted by atomic mass is 10.1. The smallest absolute Gasteiger partial charge is 0.255 e. The van der Waals surface area contributed by atoms with E-state index < -0.39 is 0 Å². The highest BCUT2D eigenvalue weighted by Gasteiger charge is 2.08. The molecule has 0 fully saturated rings. The van der Waals surface area contributed by atoms with Gasteiger partial charge in [0.1, 0.15) is 0 Å². The average Bonchev–Trinajstić information content (AvgIpc) is 2.67. The first-order valence-electron chi connectivity index (χ1n) is 9.93. The zero-order valence-corrected chi connectivity index (χ0v) is 17.3. The summed E-state index contributed by atoms with van der Waals surface area (Å²) in [5, 5.41) is 5.75. The fourth-order valence-electron chi connectivity index (χ4n) is 2.89. The zero-order valence-electron chi connectivity index (χ0n) is 17.3. The van der Waals surface area contributed by atoms with E-state index in [9.17, 15) is 9.59 Å². The summed E-state index contributed by atoms with van der Waals surface area (Å²) in [4.78, 5) is 26.6. The van der Waals surface area contributed by atoms with Gasteiger partial charge in [-0.1, -0.05) is 39.8 Å². The van der Waals surface area contributed by atoms with Crippen molar-refractivity contribution in [3.05, 3.63) is 59.7 Å². The first-order valence-corrected chi connectivity index (χ1v) is 9.93. The lowest BCUT2D eigenvalue weighted by molar-refractivity contribution is -0.116. The molecule has 2 N–H and O–H groups in total. The first kappa shape index (κ1) is 21.6. The maximum absolute atomic E-state index is 12.5. The Hall–Kier alpha value is -2.66.